The standard InChI is InChI=1S/C23H31N3O2/c1-17-7-6-8-18(2)22(17)25-23(27)19(3)24-15-20-9-4-5-10-21(20)16-26-11-13-28-14-12-26/h4-10,19,24H,11-16H2,1-3H3,(H,25,27). The average Bonchev–Trinajstić information content (AvgIpc) is 2.70. The summed E-state index contributed by atoms with van der Waals surface area (Å²) in [7, 11) is 0. The number of aryl methyl sites for hydroxylation is 2. The van der Waals surface area contributed by atoms with Gasteiger partial charge >= 0.3 is 0 Å². The maximum Gasteiger partial charge on any atom is 0.241 e. The summed E-state index contributed by atoms with van der Waals surface area (Å²) in [5.74, 6) is -0.0111. The van der Waals surface area contributed by atoms with Crippen LogP contribution in [0.25, 0.3) is 0 Å². The number of carbonyl (C=O) groups excluding carboxylic acids is 1. The molecule has 1 aliphatic rings. The number of benzene rings is 2. The fourth-order valence-corrected chi connectivity index (χ4v) is 3.48. The Morgan fingerprint density at radius 2 is 1.68 bits per heavy atom. The van der Waals surface area contributed by atoms with Crippen LogP contribution in [-0.4, -0.2) is 43.2 Å². The lowest BCUT2D eigenvalue weighted by Gasteiger charge is -2.27. The van der Waals surface area contributed by atoms with Crippen LogP contribution in [0.5, 0.6) is 0 Å². The minimum atomic E-state index is -0.282. The molecule has 28 heavy (non-hydrogen) atoms. The molecule has 150 valence electrons. The van der Waals surface area contributed by atoms with E-state index in [9.17, 15) is 4.79 Å². The highest BCUT2D eigenvalue weighted by Crippen LogP contribution is 2.19. The summed E-state index contributed by atoms with van der Waals surface area (Å²) < 4.78 is 5.44. The Bertz CT molecular complexity index is 780. The summed E-state index contributed by atoms with van der Waals surface area (Å²) >= 11 is 0. The predicted molar refractivity (Wildman–Crippen MR) is 113 cm³/mol. The highest BCUT2D eigenvalue weighted by Gasteiger charge is 2.16. The quantitative estimate of drug-likeness (QED) is 0.773. The number of hydrogen-bond acceptors (Lipinski definition) is 4. The maximum absolute atomic E-state index is 12.6. The van der Waals surface area contributed by atoms with Crippen LogP contribution in [0, 0.1) is 13.8 Å². The zero-order chi connectivity index (χ0) is 19.9. The second kappa shape index (κ2) is 9.82. The number of anilines is 1. The van der Waals surface area contributed by atoms with E-state index >= 15 is 0 Å². The Balaban J connectivity index is 1.58. The van der Waals surface area contributed by atoms with Gasteiger partial charge in [0.05, 0.1) is 19.3 Å². The van der Waals surface area contributed by atoms with Crippen molar-refractivity contribution < 1.29 is 9.53 Å². The van der Waals surface area contributed by atoms with Gasteiger partial charge in [-0.2, -0.15) is 0 Å². The van der Waals surface area contributed by atoms with Crippen LogP contribution in [0.1, 0.15) is 29.2 Å². The van der Waals surface area contributed by atoms with Crippen molar-refractivity contribution in [1.29, 1.82) is 0 Å². The Morgan fingerprint density at radius 3 is 2.36 bits per heavy atom. The molecule has 1 unspecified atom stereocenters. The molecule has 0 spiro atoms. The van der Waals surface area contributed by atoms with Crippen molar-refractivity contribution in [2.75, 3.05) is 31.6 Å². The molecule has 1 saturated heterocycles. The fraction of sp³-hybridized carbons (Fsp3) is 0.435. The molecule has 0 aromatic heterocycles. The number of nitrogens with one attached hydrogen (secondary N) is 2. The van der Waals surface area contributed by atoms with Gasteiger partial charge in [0.2, 0.25) is 5.91 Å². The highest BCUT2D eigenvalue weighted by atomic mass is 16.5. The Labute approximate surface area is 168 Å². The molecule has 0 saturated carbocycles. The van der Waals surface area contributed by atoms with E-state index in [1.165, 1.54) is 11.1 Å². The molecule has 1 atom stereocenters. The SMILES string of the molecule is Cc1cccc(C)c1NC(=O)C(C)NCc1ccccc1CN1CCOCC1. The van der Waals surface area contributed by atoms with Crippen molar-refractivity contribution in [3.63, 3.8) is 0 Å². The molecule has 3 rings (SSSR count). The summed E-state index contributed by atoms with van der Waals surface area (Å²) in [5, 5.41) is 6.45. The molecular weight excluding hydrogens is 350 g/mol. The van der Waals surface area contributed by atoms with Gasteiger partial charge in [0.25, 0.3) is 0 Å². The molecule has 0 aliphatic carbocycles. The summed E-state index contributed by atoms with van der Waals surface area (Å²) in [5.41, 5.74) is 5.61. The molecule has 2 aromatic carbocycles. The molecule has 1 heterocycles. The van der Waals surface area contributed by atoms with E-state index in [0.717, 1.165) is 49.7 Å². The third kappa shape index (κ3) is 5.41. The minimum Gasteiger partial charge on any atom is -0.379 e. The van der Waals surface area contributed by atoms with Gasteiger partial charge in [-0.25, -0.2) is 0 Å². The highest BCUT2D eigenvalue weighted by molar-refractivity contribution is 5.95. The summed E-state index contributed by atoms with van der Waals surface area (Å²) in [6.45, 7) is 11.1. The molecule has 0 bridgehead atoms. The summed E-state index contributed by atoms with van der Waals surface area (Å²) in [4.78, 5) is 15.1. The van der Waals surface area contributed by atoms with E-state index in [1.807, 2.05) is 39.0 Å². The molecular formula is C23H31N3O2. The van der Waals surface area contributed by atoms with E-state index in [1.54, 1.807) is 0 Å². The normalized spacial score (nSPS) is 16.0. The summed E-state index contributed by atoms with van der Waals surface area (Å²) in [6.07, 6.45) is 0. The third-order valence-electron chi connectivity index (χ3n) is 5.34. The van der Waals surface area contributed by atoms with Gasteiger partial charge < -0.3 is 15.4 Å². The lowest BCUT2D eigenvalue weighted by atomic mass is 10.1. The average molecular weight is 382 g/mol. The zero-order valence-electron chi connectivity index (χ0n) is 17.1. The molecule has 2 aromatic rings. The maximum atomic E-state index is 12.6. The molecule has 2 N–H and O–H groups in total. The zero-order valence-corrected chi connectivity index (χ0v) is 17.1. The summed E-state index contributed by atoms with van der Waals surface area (Å²) in [6, 6.07) is 14.2. The molecule has 1 aliphatic heterocycles. The lowest BCUT2D eigenvalue weighted by Crippen LogP contribution is -2.38. The van der Waals surface area contributed by atoms with E-state index in [4.69, 9.17) is 4.74 Å². The first-order chi connectivity index (χ1) is 13.5. The number of para-hydroxylation sites is 1. The first kappa shape index (κ1) is 20.5. The van der Waals surface area contributed by atoms with Crippen LogP contribution < -0.4 is 10.6 Å². The van der Waals surface area contributed by atoms with Gasteiger partial charge in [0.15, 0.2) is 0 Å². The fourth-order valence-electron chi connectivity index (χ4n) is 3.48. The predicted octanol–water partition coefficient (Wildman–Crippen LogP) is 3.25. The molecule has 0 radical (unpaired) electrons. The topological polar surface area (TPSA) is 53.6 Å². The first-order valence-corrected chi connectivity index (χ1v) is 10.0. The van der Waals surface area contributed by atoms with Crippen LogP contribution in [0.15, 0.2) is 42.5 Å². The van der Waals surface area contributed by atoms with Crippen molar-refractivity contribution in [3.8, 4) is 0 Å². The Kier molecular flexibility index (Phi) is 7.20. The molecule has 5 nitrogen and oxygen atoms in total. The molecule has 1 fully saturated rings. The van der Waals surface area contributed by atoms with E-state index in [0.29, 0.717) is 6.54 Å². The molecule has 1 amide bonds. The van der Waals surface area contributed by atoms with Crippen LogP contribution in [0.3, 0.4) is 0 Å². The second-order valence-electron chi connectivity index (χ2n) is 7.52. The van der Waals surface area contributed by atoms with Gasteiger partial charge in [-0.15, -0.1) is 0 Å². The second-order valence-corrected chi connectivity index (χ2v) is 7.52. The van der Waals surface area contributed by atoms with Crippen molar-refractivity contribution in [2.24, 2.45) is 0 Å². The van der Waals surface area contributed by atoms with Gasteiger partial charge in [-0.3, -0.25) is 9.69 Å². The number of amides is 1. The monoisotopic (exact) mass is 381 g/mol. The van der Waals surface area contributed by atoms with Crippen molar-refractivity contribution in [2.45, 2.75) is 39.9 Å². The largest absolute Gasteiger partial charge is 0.379 e. The van der Waals surface area contributed by atoms with Crippen LogP contribution in [0.4, 0.5) is 5.69 Å². The van der Waals surface area contributed by atoms with E-state index in [2.05, 4.69) is 39.8 Å². The Morgan fingerprint density at radius 1 is 1.04 bits per heavy atom. The van der Waals surface area contributed by atoms with Crippen LogP contribution in [0.2, 0.25) is 0 Å². The van der Waals surface area contributed by atoms with Gasteiger partial charge in [-0.1, -0.05) is 42.5 Å². The van der Waals surface area contributed by atoms with Crippen molar-refractivity contribution >= 4 is 11.6 Å². The van der Waals surface area contributed by atoms with Gasteiger partial charge in [-0.05, 0) is 43.0 Å². The van der Waals surface area contributed by atoms with Crippen LogP contribution >= 0.6 is 0 Å². The van der Waals surface area contributed by atoms with Gasteiger partial charge in [0, 0.05) is 31.9 Å². The number of rotatable bonds is 7. The number of hydrogen-bond donors (Lipinski definition) is 2. The minimum absolute atomic E-state index is 0.0111. The molecule has 5 heteroatoms. The number of nitrogens with zero attached hydrogens (tertiary/aromatic N) is 1. The third-order valence-corrected chi connectivity index (χ3v) is 5.34. The number of morpholine rings is 1. The van der Waals surface area contributed by atoms with Crippen LogP contribution in [-0.2, 0) is 22.6 Å². The van der Waals surface area contributed by atoms with Crippen molar-refractivity contribution in [1.82, 2.24) is 10.2 Å². The van der Waals surface area contributed by atoms with Gasteiger partial charge in [0.1, 0.15) is 0 Å². The van der Waals surface area contributed by atoms with Crippen molar-refractivity contribution in [3.05, 3.63) is 64.7 Å². The number of ether oxygens (including phenoxy) is 1. The smallest absolute Gasteiger partial charge is 0.241 e. The van der Waals surface area contributed by atoms with E-state index in [-0.39, 0.29) is 11.9 Å². The first-order valence-electron chi connectivity index (χ1n) is 10.0. The Hall–Kier alpha value is -2.21. The lowest BCUT2D eigenvalue weighted by molar-refractivity contribution is -0.117. The van der Waals surface area contributed by atoms with E-state index < -0.39 is 0 Å². The number of carbonyl (C=O) groups is 1.